The van der Waals surface area contributed by atoms with Gasteiger partial charge >= 0.3 is 0 Å². The predicted octanol–water partition coefficient (Wildman–Crippen LogP) is 1.85. The number of rotatable bonds is 4. The summed E-state index contributed by atoms with van der Waals surface area (Å²) in [7, 11) is 0. The van der Waals surface area contributed by atoms with Crippen molar-refractivity contribution >= 4 is 11.6 Å². The quantitative estimate of drug-likeness (QED) is 0.888. The minimum atomic E-state index is -0.538. The maximum atomic E-state index is 12.1. The molecule has 1 aromatic carbocycles. The molecule has 0 aromatic heterocycles. The normalized spacial score (nSPS) is 26.2. The number of anilines is 1. The second-order valence-electron chi connectivity index (χ2n) is 6.12. The number of fused-ring (bicyclic) bond motifs is 1. The van der Waals surface area contributed by atoms with Gasteiger partial charge in [0, 0.05) is 31.1 Å². The first kappa shape index (κ1) is 14.4. The van der Waals surface area contributed by atoms with Crippen molar-refractivity contribution in [1.82, 2.24) is 5.32 Å². The summed E-state index contributed by atoms with van der Waals surface area (Å²) in [5.41, 5.74) is 2.37. The molecular formula is C16H22N2O3. The Morgan fingerprint density at radius 3 is 3.00 bits per heavy atom. The van der Waals surface area contributed by atoms with Crippen LogP contribution in [0.4, 0.5) is 5.69 Å². The van der Waals surface area contributed by atoms with Crippen molar-refractivity contribution in [2.45, 2.75) is 38.1 Å². The summed E-state index contributed by atoms with van der Waals surface area (Å²) in [6.07, 6.45) is 0.444. The lowest BCUT2D eigenvalue weighted by Gasteiger charge is -2.17. The van der Waals surface area contributed by atoms with E-state index in [1.54, 1.807) is 0 Å². The van der Waals surface area contributed by atoms with Gasteiger partial charge in [-0.05, 0) is 25.5 Å². The van der Waals surface area contributed by atoms with Crippen LogP contribution in [0.15, 0.2) is 24.3 Å². The van der Waals surface area contributed by atoms with E-state index in [4.69, 9.17) is 9.47 Å². The Morgan fingerprint density at radius 2 is 2.24 bits per heavy atom. The van der Waals surface area contributed by atoms with Crippen LogP contribution >= 0.6 is 0 Å². The van der Waals surface area contributed by atoms with Crippen molar-refractivity contribution in [2.24, 2.45) is 0 Å². The highest BCUT2D eigenvalue weighted by Gasteiger charge is 2.33. The van der Waals surface area contributed by atoms with Crippen LogP contribution in [0, 0.1) is 0 Å². The summed E-state index contributed by atoms with van der Waals surface area (Å²) >= 11 is 0. The van der Waals surface area contributed by atoms with Gasteiger partial charge in [-0.2, -0.15) is 0 Å². The lowest BCUT2D eigenvalue weighted by Crippen LogP contribution is -2.35. The van der Waals surface area contributed by atoms with Crippen molar-refractivity contribution < 1.29 is 14.3 Å². The van der Waals surface area contributed by atoms with Crippen LogP contribution in [0.2, 0.25) is 0 Å². The van der Waals surface area contributed by atoms with Crippen LogP contribution in [-0.4, -0.2) is 37.5 Å². The van der Waals surface area contributed by atoms with E-state index < -0.39 is 5.79 Å². The third-order valence-electron chi connectivity index (χ3n) is 3.97. The zero-order valence-corrected chi connectivity index (χ0v) is 12.5. The van der Waals surface area contributed by atoms with Crippen LogP contribution in [0.25, 0.3) is 0 Å². The van der Waals surface area contributed by atoms with Gasteiger partial charge in [0.05, 0.1) is 6.61 Å². The SMILES string of the molecule is CC1(C)OCC(CNC(=O)CC2CNc3ccccc32)O1. The van der Waals surface area contributed by atoms with Crippen LogP contribution < -0.4 is 10.6 Å². The summed E-state index contributed by atoms with van der Waals surface area (Å²) in [5, 5.41) is 6.29. The van der Waals surface area contributed by atoms with Gasteiger partial charge in [-0.25, -0.2) is 0 Å². The first-order chi connectivity index (χ1) is 10.0. The minimum absolute atomic E-state index is 0.0575. The Labute approximate surface area is 125 Å². The van der Waals surface area contributed by atoms with E-state index in [-0.39, 0.29) is 17.9 Å². The molecule has 5 heteroatoms. The Morgan fingerprint density at radius 1 is 1.43 bits per heavy atom. The van der Waals surface area contributed by atoms with Crippen LogP contribution in [-0.2, 0) is 14.3 Å². The molecule has 1 fully saturated rings. The number of ether oxygens (including phenoxy) is 2. The molecule has 2 unspecified atom stereocenters. The molecular weight excluding hydrogens is 268 g/mol. The van der Waals surface area contributed by atoms with E-state index in [1.165, 1.54) is 5.56 Å². The van der Waals surface area contributed by atoms with Crippen molar-refractivity contribution in [3.8, 4) is 0 Å². The van der Waals surface area contributed by atoms with E-state index in [2.05, 4.69) is 22.8 Å². The molecule has 1 aromatic rings. The number of hydrogen-bond donors (Lipinski definition) is 2. The van der Waals surface area contributed by atoms with E-state index in [9.17, 15) is 4.79 Å². The van der Waals surface area contributed by atoms with Gasteiger partial charge in [-0.1, -0.05) is 18.2 Å². The number of amides is 1. The van der Waals surface area contributed by atoms with Gasteiger partial charge in [0.2, 0.25) is 5.91 Å². The average molecular weight is 290 g/mol. The fourth-order valence-electron chi connectivity index (χ4n) is 2.93. The Balaban J connectivity index is 1.47. The largest absolute Gasteiger partial charge is 0.384 e. The van der Waals surface area contributed by atoms with Gasteiger partial charge in [-0.3, -0.25) is 4.79 Å². The molecule has 2 atom stereocenters. The Hall–Kier alpha value is -1.59. The van der Waals surface area contributed by atoms with Crippen molar-refractivity contribution in [2.75, 3.05) is 25.0 Å². The molecule has 2 heterocycles. The van der Waals surface area contributed by atoms with E-state index in [0.29, 0.717) is 19.6 Å². The standard InChI is InChI=1S/C16H22N2O3/c1-16(2)20-10-12(21-16)9-18-15(19)7-11-8-17-14-6-4-3-5-13(11)14/h3-6,11-12,17H,7-10H2,1-2H3,(H,18,19). The molecule has 2 aliphatic rings. The maximum Gasteiger partial charge on any atom is 0.220 e. The maximum absolute atomic E-state index is 12.1. The molecule has 2 N–H and O–H groups in total. The zero-order chi connectivity index (χ0) is 14.9. The van der Waals surface area contributed by atoms with Crippen LogP contribution in [0.3, 0.4) is 0 Å². The molecule has 21 heavy (non-hydrogen) atoms. The predicted molar refractivity (Wildman–Crippen MR) is 80.2 cm³/mol. The molecule has 0 bridgehead atoms. The number of hydrogen-bond acceptors (Lipinski definition) is 4. The van der Waals surface area contributed by atoms with Gasteiger partial charge in [0.15, 0.2) is 5.79 Å². The Bertz CT molecular complexity index is 530. The zero-order valence-electron chi connectivity index (χ0n) is 12.5. The number of nitrogens with one attached hydrogen (secondary N) is 2. The van der Waals surface area contributed by atoms with Crippen molar-refractivity contribution in [1.29, 1.82) is 0 Å². The highest BCUT2D eigenvalue weighted by atomic mass is 16.7. The minimum Gasteiger partial charge on any atom is -0.384 e. The third kappa shape index (κ3) is 3.36. The molecule has 3 rings (SSSR count). The van der Waals surface area contributed by atoms with Crippen molar-refractivity contribution in [3.63, 3.8) is 0 Å². The lowest BCUT2D eigenvalue weighted by molar-refractivity contribution is -0.139. The van der Waals surface area contributed by atoms with Gasteiger partial charge in [0.1, 0.15) is 6.10 Å². The van der Waals surface area contributed by atoms with Gasteiger partial charge < -0.3 is 20.1 Å². The first-order valence-corrected chi connectivity index (χ1v) is 7.45. The number of benzene rings is 1. The Kier molecular flexibility index (Phi) is 3.87. The van der Waals surface area contributed by atoms with Gasteiger partial charge in [-0.15, -0.1) is 0 Å². The highest BCUT2D eigenvalue weighted by molar-refractivity contribution is 5.78. The molecule has 114 valence electrons. The summed E-state index contributed by atoms with van der Waals surface area (Å²) in [5.74, 6) is -0.228. The second-order valence-corrected chi connectivity index (χ2v) is 6.12. The number of carbonyl (C=O) groups excluding carboxylic acids is 1. The van der Waals surface area contributed by atoms with Crippen LogP contribution in [0.1, 0.15) is 31.7 Å². The molecule has 0 saturated carbocycles. The summed E-state index contributed by atoms with van der Waals surface area (Å²) in [6.45, 7) is 5.62. The fraction of sp³-hybridized carbons (Fsp3) is 0.562. The number of para-hydroxylation sites is 1. The molecule has 0 spiro atoms. The van der Waals surface area contributed by atoms with E-state index >= 15 is 0 Å². The van der Waals surface area contributed by atoms with E-state index in [1.807, 2.05) is 26.0 Å². The lowest BCUT2D eigenvalue weighted by atomic mass is 9.97. The summed E-state index contributed by atoms with van der Waals surface area (Å²) in [6, 6.07) is 8.17. The van der Waals surface area contributed by atoms with Gasteiger partial charge in [0.25, 0.3) is 0 Å². The first-order valence-electron chi connectivity index (χ1n) is 7.45. The monoisotopic (exact) mass is 290 g/mol. The third-order valence-corrected chi connectivity index (χ3v) is 3.97. The molecule has 1 amide bonds. The summed E-state index contributed by atoms with van der Waals surface area (Å²) in [4.78, 5) is 12.1. The molecule has 0 radical (unpaired) electrons. The molecule has 5 nitrogen and oxygen atoms in total. The highest BCUT2D eigenvalue weighted by Crippen LogP contribution is 2.33. The second kappa shape index (κ2) is 5.66. The van der Waals surface area contributed by atoms with Crippen LogP contribution in [0.5, 0.6) is 0 Å². The summed E-state index contributed by atoms with van der Waals surface area (Å²) < 4.78 is 11.2. The molecule has 2 aliphatic heterocycles. The molecule has 0 aliphatic carbocycles. The average Bonchev–Trinajstić information content (AvgIpc) is 3.01. The number of carbonyl (C=O) groups is 1. The van der Waals surface area contributed by atoms with E-state index in [0.717, 1.165) is 12.2 Å². The topological polar surface area (TPSA) is 59.6 Å². The molecule has 1 saturated heterocycles. The smallest absolute Gasteiger partial charge is 0.220 e. The fourth-order valence-corrected chi connectivity index (χ4v) is 2.93. The van der Waals surface area contributed by atoms with Crippen molar-refractivity contribution in [3.05, 3.63) is 29.8 Å².